The van der Waals surface area contributed by atoms with Crippen LogP contribution in [-0.4, -0.2) is 11.2 Å². The average molecular weight is 188 g/mol. The standard InChI is InChI=1S/C7H8.C6H8O/c1-7-5-3-2-4-6-7;7-6-4-2-1-3-5-6/h2-6H,1H3;1-4,6-7H,5H2. The number of benzene rings is 1. The van der Waals surface area contributed by atoms with Crippen LogP contribution in [-0.2, 0) is 0 Å². The average Bonchev–Trinajstić information content (AvgIpc) is 2.21. The topological polar surface area (TPSA) is 20.2 Å². The van der Waals surface area contributed by atoms with Crippen LogP contribution in [0.25, 0.3) is 0 Å². The Morgan fingerprint density at radius 3 is 2.14 bits per heavy atom. The molecule has 0 saturated heterocycles. The van der Waals surface area contributed by atoms with Crippen LogP contribution < -0.4 is 0 Å². The molecule has 1 nitrogen and oxygen atoms in total. The van der Waals surface area contributed by atoms with Crippen molar-refractivity contribution >= 4 is 0 Å². The number of hydrogen-bond donors (Lipinski definition) is 1. The maximum Gasteiger partial charge on any atom is 0.0758 e. The fraction of sp³-hybridized carbons (Fsp3) is 0.231. The first-order chi connectivity index (χ1) is 6.79. The van der Waals surface area contributed by atoms with Crippen LogP contribution in [0.1, 0.15) is 12.0 Å². The zero-order valence-electron chi connectivity index (χ0n) is 8.43. The number of aliphatic hydroxyl groups is 1. The van der Waals surface area contributed by atoms with Gasteiger partial charge in [-0.3, -0.25) is 0 Å². The van der Waals surface area contributed by atoms with Crippen molar-refractivity contribution < 1.29 is 5.11 Å². The Morgan fingerprint density at radius 1 is 1.14 bits per heavy atom. The molecule has 0 aliphatic heterocycles. The van der Waals surface area contributed by atoms with Gasteiger partial charge in [0.25, 0.3) is 0 Å². The van der Waals surface area contributed by atoms with Gasteiger partial charge in [-0.25, -0.2) is 0 Å². The molecule has 74 valence electrons. The lowest BCUT2D eigenvalue weighted by atomic mass is 10.1. The van der Waals surface area contributed by atoms with E-state index in [4.69, 9.17) is 5.11 Å². The molecule has 1 aliphatic rings. The highest BCUT2D eigenvalue weighted by molar-refractivity contribution is 5.12. The number of hydrogen-bond acceptors (Lipinski definition) is 1. The minimum absolute atomic E-state index is 0.231. The Hall–Kier alpha value is -1.34. The minimum atomic E-state index is -0.231. The third-order valence-electron chi connectivity index (χ3n) is 1.90. The maximum atomic E-state index is 8.77. The van der Waals surface area contributed by atoms with Gasteiger partial charge in [0.05, 0.1) is 6.10 Å². The smallest absolute Gasteiger partial charge is 0.0758 e. The molecule has 0 spiro atoms. The molecular weight excluding hydrogens is 172 g/mol. The van der Waals surface area contributed by atoms with E-state index >= 15 is 0 Å². The lowest BCUT2D eigenvalue weighted by Crippen LogP contribution is -2.00. The van der Waals surface area contributed by atoms with Crippen LogP contribution in [0.15, 0.2) is 54.6 Å². The van der Waals surface area contributed by atoms with E-state index in [9.17, 15) is 0 Å². The summed E-state index contributed by atoms with van der Waals surface area (Å²) < 4.78 is 0. The van der Waals surface area contributed by atoms with Gasteiger partial charge in [-0.1, -0.05) is 60.2 Å². The molecule has 0 bridgehead atoms. The number of rotatable bonds is 0. The monoisotopic (exact) mass is 188 g/mol. The molecule has 2 rings (SSSR count). The number of allylic oxidation sites excluding steroid dienone is 2. The molecule has 0 fully saturated rings. The normalized spacial score (nSPS) is 18.6. The molecule has 1 heteroatoms. The largest absolute Gasteiger partial charge is 0.389 e. The molecular formula is C13H16O. The van der Waals surface area contributed by atoms with Crippen LogP contribution >= 0.6 is 0 Å². The van der Waals surface area contributed by atoms with E-state index in [1.54, 1.807) is 6.08 Å². The van der Waals surface area contributed by atoms with Crippen molar-refractivity contribution in [1.82, 2.24) is 0 Å². The second kappa shape index (κ2) is 6.17. The third kappa shape index (κ3) is 4.63. The highest BCUT2D eigenvalue weighted by Crippen LogP contribution is 2.00. The first-order valence-corrected chi connectivity index (χ1v) is 4.82. The van der Waals surface area contributed by atoms with Crippen molar-refractivity contribution in [2.24, 2.45) is 0 Å². The van der Waals surface area contributed by atoms with Gasteiger partial charge in [-0.15, -0.1) is 0 Å². The van der Waals surface area contributed by atoms with Gasteiger partial charge >= 0.3 is 0 Å². The predicted molar refractivity (Wildman–Crippen MR) is 60.1 cm³/mol. The summed E-state index contributed by atoms with van der Waals surface area (Å²) in [6.07, 6.45) is 8.06. The van der Waals surface area contributed by atoms with E-state index in [2.05, 4.69) is 19.1 Å². The Kier molecular flexibility index (Phi) is 4.73. The van der Waals surface area contributed by atoms with E-state index < -0.39 is 0 Å². The first kappa shape index (κ1) is 10.7. The lowest BCUT2D eigenvalue weighted by Gasteiger charge is -2.01. The van der Waals surface area contributed by atoms with Crippen molar-refractivity contribution in [2.75, 3.05) is 0 Å². The number of aliphatic hydroxyl groups excluding tert-OH is 1. The predicted octanol–water partition coefficient (Wildman–Crippen LogP) is 2.86. The SMILES string of the molecule is Cc1ccccc1.OC1C=CC=CC1. The molecule has 0 amide bonds. The summed E-state index contributed by atoms with van der Waals surface area (Å²) in [6, 6.07) is 10.3. The molecule has 1 aromatic rings. The van der Waals surface area contributed by atoms with Gasteiger partial charge < -0.3 is 5.11 Å². The summed E-state index contributed by atoms with van der Waals surface area (Å²) in [5.74, 6) is 0. The van der Waals surface area contributed by atoms with Crippen LogP contribution in [0.5, 0.6) is 0 Å². The molecule has 0 saturated carbocycles. The molecule has 1 aliphatic carbocycles. The fourth-order valence-electron chi connectivity index (χ4n) is 1.10. The molecule has 14 heavy (non-hydrogen) atoms. The van der Waals surface area contributed by atoms with Crippen molar-refractivity contribution in [1.29, 1.82) is 0 Å². The first-order valence-electron chi connectivity index (χ1n) is 4.82. The van der Waals surface area contributed by atoms with Crippen molar-refractivity contribution in [3.63, 3.8) is 0 Å². The Balaban J connectivity index is 0.000000140. The summed E-state index contributed by atoms with van der Waals surface area (Å²) >= 11 is 0. The lowest BCUT2D eigenvalue weighted by molar-refractivity contribution is 0.225. The fourth-order valence-corrected chi connectivity index (χ4v) is 1.10. The highest BCUT2D eigenvalue weighted by Gasteiger charge is 1.95. The van der Waals surface area contributed by atoms with Crippen LogP contribution in [0.4, 0.5) is 0 Å². The summed E-state index contributed by atoms with van der Waals surface area (Å²) in [7, 11) is 0. The molecule has 1 N–H and O–H groups in total. The minimum Gasteiger partial charge on any atom is -0.389 e. The van der Waals surface area contributed by atoms with Crippen LogP contribution in [0.3, 0.4) is 0 Å². The summed E-state index contributed by atoms with van der Waals surface area (Å²) in [5.41, 5.74) is 1.32. The van der Waals surface area contributed by atoms with Crippen molar-refractivity contribution in [3.05, 3.63) is 60.2 Å². The van der Waals surface area contributed by atoms with Crippen LogP contribution in [0, 0.1) is 6.92 Å². The summed E-state index contributed by atoms with van der Waals surface area (Å²) in [4.78, 5) is 0. The molecule has 0 radical (unpaired) electrons. The zero-order valence-corrected chi connectivity index (χ0v) is 8.43. The molecule has 1 atom stereocenters. The van der Waals surface area contributed by atoms with Crippen molar-refractivity contribution in [3.8, 4) is 0 Å². The highest BCUT2D eigenvalue weighted by atomic mass is 16.3. The van der Waals surface area contributed by atoms with Crippen molar-refractivity contribution in [2.45, 2.75) is 19.4 Å². The summed E-state index contributed by atoms with van der Waals surface area (Å²) in [5, 5.41) is 8.77. The summed E-state index contributed by atoms with van der Waals surface area (Å²) in [6.45, 7) is 2.08. The molecule has 0 aromatic heterocycles. The maximum absolute atomic E-state index is 8.77. The van der Waals surface area contributed by atoms with Gasteiger partial charge in [-0.2, -0.15) is 0 Å². The van der Waals surface area contributed by atoms with E-state index in [-0.39, 0.29) is 6.10 Å². The quantitative estimate of drug-likeness (QED) is 0.663. The molecule has 1 unspecified atom stereocenters. The van der Waals surface area contributed by atoms with E-state index in [0.717, 1.165) is 6.42 Å². The Labute approximate surface area is 85.4 Å². The second-order valence-corrected chi connectivity index (χ2v) is 3.27. The van der Waals surface area contributed by atoms with Gasteiger partial charge in [0.1, 0.15) is 0 Å². The van der Waals surface area contributed by atoms with Crippen LogP contribution in [0.2, 0.25) is 0 Å². The van der Waals surface area contributed by atoms with Gasteiger partial charge in [0.15, 0.2) is 0 Å². The molecule has 0 heterocycles. The molecule has 1 aromatic carbocycles. The second-order valence-electron chi connectivity index (χ2n) is 3.27. The van der Waals surface area contributed by atoms with Gasteiger partial charge in [-0.05, 0) is 13.3 Å². The third-order valence-corrected chi connectivity index (χ3v) is 1.90. The van der Waals surface area contributed by atoms with Gasteiger partial charge in [0.2, 0.25) is 0 Å². The Morgan fingerprint density at radius 2 is 1.86 bits per heavy atom. The number of aryl methyl sites for hydroxylation is 1. The van der Waals surface area contributed by atoms with E-state index in [0.29, 0.717) is 0 Å². The zero-order chi connectivity index (χ0) is 10.2. The van der Waals surface area contributed by atoms with Gasteiger partial charge in [0, 0.05) is 0 Å². The van der Waals surface area contributed by atoms with E-state index in [1.807, 2.05) is 36.4 Å². The Bertz CT molecular complexity index is 298. The van der Waals surface area contributed by atoms with E-state index in [1.165, 1.54) is 5.56 Å².